The Balaban J connectivity index is 1.45. The lowest BCUT2D eigenvalue weighted by Gasteiger charge is -2.35. The highest BCUT2D eigenvalue weighted by Gasteiger charge is 2.60. The molecule has 3 atom stereocenters. The van der Waals surface area contributed by atoms with Crippen LogP contribution >= 0.6 is 11.6 Å². The third-order valence-corrected chi connectivity index (χ3v) is 7.46. The number of rotatable bonds is 5. The van der Waals surface area contributed by atoms with Gasteiger partial charge in [-0.15, -0.1) is 0 Å². The molecule has 1 unspecified atom stereocenters. The molecule has 3 aliphatic rings. The molecule has 2 heterocycles. The van der Waals surface area contributed by atoms with Crippen molar-refractivity contribution in [1.29, 1.82) is 0 Å². The minimum absolute atomic E-state index is 0.0608. The van der Waals surface area contributed by atoms with Crippen LogP contribution in [0, 0.1) is 5.92 Å². The summed E-state index contributed by atoms with van der Waals surface area (Å²) in [5.41, 5.74) is -1.17. The van der Waals surface area contributed by atoms with E-state index in [2.05, 4.69) is 16.0 Å². The number of Topliss-reactive ketones (excluding diaryl/α,β-unsaturated/α-hetero) is 1. The number of carbonyl (C=O) groups is 4. The number of imide groups is 1. The third kappa shape index (κ3) is 3.54. The maximum atomic E-state index is 13.6. The van der Waals surface area contributed by atoms with Gasteiger partial charge in [-0.05, 0) is 31.0 Å². The number of hydrogen-bond donors (Lipinski definition) is 3. The van der Waals surface area contributed by atoms with Gasteiger partial charge in [0.05, 0.1) is 14.2 Å². The van der Waals surface area contributed by atoms with Crippen LogP contribution in [0.5, 0.6) is 17.2 Å². The van der Waals surface area contributed by atoms with Gasteiger partial charge in [0.25, 0.3) is 5.91 Å². The zero-order valence-corrected chi connectivity index (χ0v) is 21.2. The summed E-state index contributed by atoms with van der Waals surface area (Å²) in [5, 5.41) is 8.16. The molecule has 192 valence electrons. The molecule has 2 aliphatic heterocycles. The summed E-state index contributed by atoms with van der Waals surface area (Å²) in [7, 11) is 2.83. The van der Waals surface area contributed by atoms with Crippen molar-refractivity contribution in [2.24, 2.45) is 5.92 Å². The van der Waals surface area contributed by atoms with Gasteiger partial charge >= 0.3 is 6.03 Å². The summed E-state index contributed by atoms with van der Waals surface area (Å²) in [6.07, 6.45) is 1.65. The molecule has 3 amide bonds. The molecule has 2 aromatic carbocycles. The van der Waals surface area contributed by atoms with Crippen LogP contribution in [-0.4, -0.2) is 43.3 Å². The molecule has 1 aliphatic carbocycles. The van der Waals surface area contributed by atoms with Crippen LogP contribution in [0.3, 0.4) is 0 Å². The highest BCUT2D eigenvalue weighted by molar-refractivity contribution is 6.36. The number of ether oxygens (including phenoxy) is 3. The first kappa shape index (κ1) is 24.6. The number of ketones is 2. The third-order valence-electron chi connectivity index (χ3n) is 7.10. The van der Waals surface area contributed by atoms with E-state index in [4.69, 9.17) is 25.8 Å². The van der Waals surface area contributed by atoms with Crippen LogP contribution in [-0.2, 0) is 15.1 Å². The number of benzene rings is 2. The standard InChI is InChI=1S/C26H24ClN3O7/c1-12-8-15(28-14-7-5-6-13(9-14)25(2)23(33)29-24(34)30-25)10-18(31)26(12)22(32)19-16(35-3)11-17(36-4)20(27)21(19)37-26/h5-7,9-12,28H,8H2,1-4H3,(H2,29,30,33,34)/t12-,25?,26+/m1/s1. The van der Waals surface area contributed by atoms with Crippen molar-refractivity contribution >= 4 is 40.8 Å². The first-order valence-electron chi connectivity index (χ1n) is 11.5. The van der Waals surface area contributed by atoms with Gasteiger partial charge in [-0.2, -0.15) is 0 Å². The molecule has 0 bridgehead atoms. The lowest BCUT2D eigenvalue weighted by molar-refractivity contribution is -0.129. The van der Waals surface area contributed by atoms with E-state index in [9.17, 15) is 19.2 Å². The highest BCUT2D eigenvalue weighted by atomic mass is 35.5. The summed E-state index contributed by atoms with van der Waals surface area (Å²) in [5.74, 6) is -1.53. The number of nitrogens with one attached hydrogen (secondary N) is 3. The number of amides is 3. The van der Waals surface area contributed by atoms with E-state index in [1.807, 2.05) is 0 Å². The largest absolute Gasteiger partial charge is 0.496 e. The van der Waals surface area contributed by atoms with E-state index >= 15 is 0 Å². The Labute approximate surface area is 217 Å². The fourth-order valence-corrected chi connectivity index (χ4v) is 5.32. The number of urea groups is 1. The summed E-state index contributed by atoms with van der Waals surface area (Å²) in [6.45, 7) is 3.36. The van der Waals surface area contributed by atoms with Gasteiger partial charge in [0.1, 0.15) is 27.6 Å². The van der Waals surface area contributed by atoms with Crippen molar-refractivity contribution in [3.8, 4) is 17.2 Å². The predicted octanol–water partition coefficient (Wildman–Crippen LogP) is 3.33. The number of methoxy groups -OCH3 is 2. The molecule has 5 rings (SSSR count). The smallest absolute Gasteiger partial charge is 0.322 e. The van der Waals surface area contributed by atoms with E-state index in [1.165, 1.54) is 26.4 Å². The van der Waals surface area contributed by atoms with E-state index in [1.54, 1.807) is 38.1 Å². The van der Waals surface area contributed by atoms with Crippen molar-refractivity contribution in [3.63, 3.8) is 0 Å². The topological polar surface area (TPSA) is 132 Å². The van der Waals surface area contributed by atoms with Crippen LogP contribution in [0.4, 0.5) is 10.5 Å². The van der Waals surface area contributed by atoms with Crippen molar-refractivity contribution in [3.05, 3.63) is 58.3 Å². The lowest BCUT2D eigenvalue weighted by atomic mass is 9.74. The molecular weight excluding hydrogens is 502 g/mol. The molecule has 1 fully saturated rings. The first-order valence-corrected chi connectivity index (χ1v) is 11.9. The average molecular weight is 526 g/mol. The Kier molecular flexibility index (Phi) is 5.67. The number of halogens is 1. The van der Waals surface area contributed by atoms with Crippen molar-refractivity contribution in [1.82, 2.24) is 10.6 Å². The van der Waals surface area contributed by atoms with Crippen LogP contribution < -0.4 is 30.2 Å². The Morgan fingerprint density at radius 2 is 1.84 bits per heavy atom. The van der Waals surface area contributed by atoms with Crippen LogP contribution in [0.2, 0.25) is 5.02 Å². The highest BCUT2D eigenvalue weighted by Crippen LogP contribution is 2.53. The number of allylic oxidation sites excluding steroid dienone is 1. The maximum absolute atomic E-state index is 13.6. The van der Waals surface area contributed by atoms with Gasteiger partial charge in [-0.25, -0.2) is 4.79 Å². The van der Waals surface area contributed by atoms with E-state index in [0.717, 1.165) is 0 Å². The van der Waals surface area contributed by atoms with Gasteiger partial charge in [0, 0.05) is 29.4 Å². The molecule has 3 N–H and O–H groups in total. The van der Waals surface area contributed by atoms with Crippen molar-refractivity contribution in [2.75, 3.05) is 19.5 Å². The van der Waals surface area contributed by atoms with Gasteiger partial charge in [-0.1, -0.05) is 30.7 Å². The minimum Gasteiger partial charge on any atom is -0.496 e. The summed E-state index contributed by atoms with van der Waals surface area (Å²) >= 11 is 6.43. The average Bonchev–Trinajstić information content (AvgIpc) is 3.32. The van der Waals surface area contributed by atoms with Gasteiger partial charge in [0.15, 0.2) is 5.75 Å². The Morgan fingerprint density at radius 3 is 2.46 bits per heavy atom. The second kappa shape index (κ2) is 8.52. The van der Waals surface area contributed by atoms with E-state index in [0.29, 0.717) is 23.4 Å². The molecule has 0 saturated carbocycles. The van der Waals surface area contributed by atoms with Gasteiger partial charge in [0.2, 0.25) is 17.2 Å². The Hall–Kier alpha value is -4.05. The van der Waals surface area contributed by atoms with Crippen molar-refractivity contribution in [2.45, 2.75) is 31.4 Å². The molecule has 0 radical (unpaired) electrons. The zero-order valence-electron chi connectivity index (χ0n) is 20.5. The molecule has 10 nitrogen and oxygen atoms in total. The molecular formula is C26H24ClN3O7. The summed E-state index contributed by atoms with van der Waals surface area (Å²) < 4.78 is 16.7. The Bertz CT molecular complexity index is 1420. The number of hydrogen-bond acceptors (Lipinski definition) is 8. The molecule has 37 heavy (non-hydrogen) atoms. The molecule has 1 spiro atoms. The molecule has 11 heteroatoms. The molecule has 1 saturated heterocycles. The zero-order chi connectivity index (χ0) is 26.7. The SMILES string of the molecule is COc1cc(OC)c2c(c1Cl)O[C@@]1(C(=O)C=C(Nc3cccc(C4(C)NC(=O)NC4=O)c3)C[C@H]1C)C2=O. The number of carbonyl (C=O) groups excluding carboxylic acids is 4. The van der Waals surface area contributed by atoms with Crippen molar-refractivity contribution < 1.29 is 33.4 Å². The maximum Gasteiger partial charge on any atom is 0.322 e. The fourth-order valence-electron chi connectivity index (χ4n) is 5.06. The molecule has 2 aromatic rings. The van der Waals surface area contributed by atoms with Crippen LogP contribution in [0.15, 0.2) is 42.1 Å². The minimum atomic E-state index is -1.78. The second-order valence-electron chi connectivity index (χ2n) is 9.34. The monoisotopic (exact) mass is 525 g/mol. The van der Waals surface area contributed by atoms with Crippen LogP contribution in [0.25, 0.3) is 0 Å². The van der Waals surface area contributed by atoms with E-state index in [-0.39, 0.29) is 27.8 Å². The lowest BCUT2D eigenvalue weighted by Crippen LogP contribution is -2.55. The fraction of sp³-hybridized carbons (Fsp3) is 0.308. The number of anilines is 1. The second-order valence-corrected chi connectivity index (χ2v) is 9.72. The molecule has 0 aromatic heterocycles. The normalized spacial score (nSPS) is 26.3. The quantitative estimate of drug-likeness (QED) is 0.400. The van der Waals surface area contributed by atoms with E-state index < -0.39 is 40.6 Å². The Morgan fingerprint density at radius 1 is 1.11 bits per heavy atom. The van der Waals surface area contributed by atoms with Gasteiger partial charge in [-0.3, -0.25) is 19.7 Å². The summed E-state index contributed by atoms with van der Waals surface area (Å²) in [4.78, 5) is 51.1. The summed E-state index contributed by atoms with van der Waals surface area (Å²) in [6, 6.07) is 7.87. The number of fused-ring (bicyclic) bond motifs is 1. The van der Waals surface area contributed by atoms with Crippen LogP contribution in [0.1, 0.15) is 36.2 Å². The van der Waals surface area contributed by atoms with Gasteiger partial charge < -0.3 is 24.8 Å². The first-order chi connectivity index (χ1) is 17.5. The predicted molar refractivity (Wildman–Crippen MR) is 133 cm³/mol.